The lowest BCUT2D eigenvalue weighted by Crippen LogP contribution is -2.00. The van der Waals surface area contributed by atoms with Crippen LogP contribution in [0.2, 0.25) is 20.1 Å². The van der Waals surface area contributed by atoms with E-state index in [1.807, 2.05) is 26.0 Å². The lowest BCUT2D eigenvalue weighted by molar-refractivity contribution is 0.820. The van der Waals surface area contributed by atoms with Gasteiger partial charge in [-0.1, -0.05) is 58.5 Å². The number of halogens is 4. The Morgan fingerprint density at radius 2 is 1.48 bits per heavy atom. The van der Waals surface area contributed by atoms with Crippen LogP contribution in [0.3, 0.4) is 0 Å². The van der Waals surface area contributed by atoms with Gasteiger partial charge in [0.05, 0.1) is 11.1 Å². The quantitative estimate of drug-likeness (QED) is 0.529. The zero-order valence-electron chi connectivity index (χ0n) is 11.5. The van der Waals surface area contributed by atoms with E-state index in [4.69, 9.17) is 46.4 Å². The normalized spacial score (nSPS) is 13.3. The molecule has 0 saturated heterocycles. The lowest BCUT2D eigenvalue weighted by Gasteiger charge is -2.12. The van der Waals surface area contributed by atoms with E-state index in [0.29, 0.717) is 20.1 Å². The van der Waals surface area contributed by atoms with E-state index >= 15 is 0 Å². The molecule has 0 amide bonds. The molecule has 1 atom stereocenters. The fourth-order valence-electron chi connectivity index (χ4n) is 2.05. The predicted molar refractivity (Wildman–Crippen MR) is 93.6 cm³/mol. The fraction of sp³-hybridized carbons (Fsp3) is 0.188. The lowest BCUT2D eigenvalue weighted by atomic mass is 10.1. The molecule has 1 nitrogen and oxygen atoms in total. The van der Waals surface area contributed by atoms with Crippen molar-refractivity contribution in [3.8, 4) is 0 Å². The van der Waals surface area contributed by atoms with Crippen LogP contribution in [0.25, 0.3) is 0 Å². The van der Waals surface area contributed by atoms with E-state index in [-0.39, 0.29) is 6.04 Å². The summed E-state index contributed by atoms with van der Waals surface area (Å²) in [6.07, 6.45) is 0. The summed E-state index contributed by atoms with van der Waals surface area (Å²) in [7, 11) is 0. The van der Waals surface area contributed by atoms with Crippen LogP contribution in [0.5, 0.6) is 0 Å². The summed E-state index contributed by atoms with van der Waals surface area (Å²) in [5, 5.41) is 2.40. The van der Waals surface area contributed by atoms with Crippen molar-refractivity contribution in [2.24, 2.45) is 4.99 Å². The fourth-order valence-corrected chi connectivity index (χ4v) is 3.16. The van der Waals surface area contributed by atoms with Crippen molar-refractivity contribution in [2.75, 3.05) is 0 Å². The Hall–Kier alpha value is -0.730. The number of hydrogen-bond acceptors (Lipinski definition) is 1. The maximum Gasteiger partial charge on any atom is 0.0738 e. The van der Waals surface area contributed by atoms with E-state index in [1.54, 1.807) is 24.3 Å². The third-order valence-corrected chi connectivity index (χ3v) is 4.23. The average Bonchev–Trinajstić information content (AvgIpc) is 2.37. The second-order valence-corrected chi connectivity index (χ2v) is 6.37. The molecule has 0 aliphatic heterocycles. The highest BCUT2D eigenvalue weighted by Crippen LogP contribution is 2.29. The Kier molecular flexibility index (Phi) is 5.56. The third kappa shape index (κ3) is 4.14. The molecule has 0 aromatic heterocycles. The van der Waals surface area contributed by atoms with Gasteiger partial charge in [-0.2, -0.15) is 0 Å². The maximum absolute atomic E-state index is 6.21. The van der Waals surface area contributed by atoms with Gasteiger partial charge < -0.3 is 0 Å². The van der Waals surface area contributed by atoms with Crippen molar-refractivity contribution in [1.29, 1.82) is 0 Å². The van der Waals surface area contributed by atoms with Crippen molar-refractivity contribution >= 4 is 52.1 Å². The Morgan fingerprint density at radius 3 is 2.05 bits per heavy atom. The van der Waals surface area contributed by atoms with Gasteiger partial charge in [0.25, 0.3) is 0 Å². The van der Waals surface area contributed by atoms with E-state index in [0.717, 1.165) is 16.8 Å². The number of hydrogen-bond donors (Lipinski definition) is 0. The second-order valence-electron chi connectivity index (χ2n) is 4.68. The highest BCUT2D eigenvalue weighted by Gasteiger charge is 2.11. The number of benzene rings is 2. The van der Waals surface area contributed by atoms with Crippen LogP contribution in [0, 0.1) is 0 Å². The first-order valence-electron chi connectivity index (χ1n) is 6.33. The molecule has 0 saturated carbocycles. The molecule has 5 heteroatoms. The van der Waals surface area contributed by atoms with Crippen molar-refractivity contribution in [1.82, 2.24) is 0 Å². The standard InChI is InChI=1S/C16H13Cl4N/c1-9(13-5-3-11(17)7-15(13)19)21-10(2)14-6-4-12(18)8-16(14)20/h3-9H,1-2H3. The van der Waals surface area contributed by atoms with E-state index in [9.17, 15) is 0 Å². The molecule has 0 bridgehead atoms. The van der Waals surface area contributed by atoms with Crippen molar-refractivity contribution in [2.45, 2.75) is 19.9 Å². The first-order valence-corrected chi connectivity index (χ1v) is 7.84. The van der Waals surface area contributed by atoms with E-state index in [1.165, 1.54) is 0 Å². The summed E-state index contributed by atoms with van der Waals surface area (Å²) < 4.78 is 0. The number of nitrogens with zero attached hydrogens (tertiary/aromatic N) is 1. The van der Waals surface area contributed by atoms with Gasteiger partial charge >= 0.3 is 0 Å². The minimum Gasteiger partial charge on any atom is -0.282 e. The Balaban J connectivity index is 2.33. The van der Waals surface area contributed by atoms with Gasteiger partial charge in [-0.05, 0) is 43.7 Å². The van der Waals surface area contributed by atoms with E-state index in [2.05, 4.69) is 4.99 Å². The molecule has 0 heterocycles. The third-order valence-electron chi connectivity index (χ3n) is 3.12. The van der Waals surface area contributed by atoms with Gasteiger partial charge in [-0.25, -0.2) is 0 Å². The molecular formula is C16H13Cl4N. The number of rotatable bonds is 3. The summed E-state index contributed by atoms with van der Waals surface area (Å²) in [6, 6.07) is 10.7. The smallest absolute Gasteiger partial charge is 0.0738 e. The zero-order valence-corrected chi connectivity index (χ0v) is 14.5. The highest BCUT2D eigenvalue weighted by molar-refractivity contribution is 6.37. The monoisotopic (exact) mass is 359 g/mol. The van der Waals surface area contributed by atoms with Crippen LogP contribution in [0.1, 0.15) is 31.0 Å². The molecule has 2 aromatic carbocycles. The summed E-state index contributed by atoms with van der Waals surface area (Å²) in [6.45, 7) is 3.89. The van der Waals surface area contributed by atoms with Crippen molar-refractivity contribution < 1.29 is 0 Å². The van der Waals surface area contributed by atoms with Gasteiger partial charge in [0, 0.05) is 26.3 Å². The molecule has 1 unspecified atom stereocenters. The molecule has 0 fully saturated rings. The van der Waals surface area contributed by atoms with Gasteiger partial charge in [-0.15, -0.1) is 0 Å². The minimum atomic E-state index is -0.0958. The minimum absolute atomic E-state index is 0.0958. The van der Waals surface area contributed by atoms with Crippen LogP contribution in [0.15, 0.2) is 41.4 Å². The molecule has 0 aliphatic rings. The maximum atomic E-state index is 6.21. The summed E-state index contributed by atoms with van der Waals surface area (Å²) in [5.41, 5.74) is 2.61. The van der Waals surface area contributed by atoms with Crippen LogP contribution < -0.4 is 0 Å². The van der Waals surface area contributed by atoms with Gasteiger partial charge in [0.2, 0.25) is 0 Å². The Labute approximate surface area is 144 Å². The van der Waals surface area contributed by atoms with Crippen molar-refractivity contribution in [3.63, 3.8) is 0 Å². The van der Waals surface area contributed by atoms with Crippen LogP contribution in [-0.4, -0.2) is 5.71 Å². The molecule has 0 aliphatic carbocycles. The summed E-state index contributed by atoms with van der Waals surface area (Å²) in [4.78, 5) is 4.66. The molecule has 0 spiro atoms. The molecule has 0 radical (unpaired) electrons. The van der Waals surface area contributed by atoms with Crippen molar-refractivity contribution in [3.05, 3.63) is 67.6 Å². The van der Waals surface area contributed by atoms with Gasteiger partial charge in [0.1, 0.15) is 0 Å². The second kappa shape index (κ2) is 7.02. The number of aliphatic imine (C=N–C) groups is 1. The molecular weight excluding hydrogens is 348 g/mol. The largest absolute Gasteiger partial charge is 0.282 e. The van der Waals surface area contributed by atoms with Crippen LogP contribution >= 0.6 is 46.4 Å². The molecule has 2 aromatic rings. The van der Waals surface area contributed by atoms with E-state index < -0.39 is 0 Å². The first kappa shape index (κ1) is 16.6. The summed E-state index contributed by atoms with van der Waals surface area (Å²) >= 11 is 24.2. The molecule has 110 valence electrons. The average molecular weight is 361 g/mol. The molecule has 21 heavy (non-hydrogen) atoms. The topological polar surface area (TPSA) is 12.4 Å². The Morgan fingerprint density at radius 1 is 0.905 bits per heavy atom. The van der Waals surface area contributed by atoms with Crippen LogP contribution in [-0.2, 0) is 0 Å². The Bertz CT molecular complexity index is 695. The SMILES string of the molecule is CC(=NC(C)c1ccc(Cl)cc1Cl)c1ccc(Cl)cc1Cl. The van der Waals surface area contributed by atoms with Gasteiger partial charge in [-0.3, -0.25) is 4.99 Å². The first-order chi connectivity index (χ1) is 9.88. The van der Waals surface area contributed by atoms with Crippen LogP contribution in [0.4, 0.5) is 0 Å². The molecule has 0 N–H and O–H groups in total. The predicted octanol–water partition coefficient (Wildman–Crippen LogP) is 6.87. The van der Waals surface area contributed by atoms with Gasteiger partial charge in [0.15, 0.2) is 0 Å². The summed E-state index contributed by atoms with van der Waals surface area (Å²) in [5.74, 6) is 0. The highest BCUT2D eigenvalue weighted by atomic mass is 35.5. The zero-order chi connectivity index (χ0) is 15.6. The molecule has 2 rings (SSSR count).